The van der Waals surface area contributed by atoms with E-state index in [1.165, 1.54) is 11.1 Å². The molecule has 0 atom stereocenters. The van der Waals surface area contributed by atoms with Gasteiger partial charge in [-0.1, -0.05) is 0 Å². The maximum atomic E-state index is 12.8. The first-order valence-electron chi connectivity index (χ1n) is 7.54. The van der Waals surface area contributed by atoms with Crippen LogP contribution in [0.4, 0.5) is 28.8 Å². The molecular formula is C16H15F3N4O2S. The van der Waals surface area contributed by atoms with Gasteiger partial charge in [0.25, 0.3) is 5.91 Å². The largest absolute Gasteiger partial charge is 0.417 e. The molecule has 1 fully saturated rings. The highest BCUT2D eigenvalue weighted by atomic mass is 32.1. The monoisotopic (exact) mass is 384 g/mol. The molecule has 0 spiro atoms. The van der Waals surface area contributed by atoms with Gasteiger partial charge in [0.05, 0.1) is 5.56 Å². The van der Waals surface area contributed by atoms with Crippen molar-refractivity contribution >= 4 is 34.1 Å². The van der Waals surface area contributed by atoms with Crippen LogP contribution in [0.5, 0.6) is 0 Å². The van der Waals surface area contributed by atoms with Gasteiger partial charge in [-0.2, -0.15) is 13.2 Å². The lowest BCUT2D eigenvalue weighted by Crippen LogP contribution is -2.43. The Bertz CT molecular complexity index is 878. The van der Waals surface area contributed by atoms with E-state index < -0.39 is 29.2 Å². The van der Waals surface area contributed by atoms with Gasteiger partial charge in [-0.3, -0.25) is 4.79 Å². The van der Waals surface area contributed by atoms with E-state index in [1.807, 2.05) is 0 Å². The molecule has 6 nitrogen and oxygen atoms in total. The number of anilines is 2. The smallest absolute Gasteiger partial charge is 0.384 e. The molecule has 3 heterocycles. The lowest BCUT2D eigenvalue weighted by Gasteiger charge is -2.27. The second-order valence-corrected chi connectivity index (χ2v) is 7.22. The van der Waals surface area contributed by atoms with Gasteiger partial charge < -0.3 is 10.6 Å². The highest BCUT2D eigenvalue weighted by Crippen LogP contribution is 2.40. The number of carbonyl (C=O) groups is 2. The Morgan fingerprint density at radius 1 is 1.27 bits per heavy atom. The first kappa shape index (κ1) is 18.2. The first-order chi connectivity index (χ1) is 12.0. The van der Waals surface area contributed by atoms with Crippen LogP contribution in [0.15, 0.2) is 29.8 Å². The summed E-state index contributed by atoms with van der Waals surface area (Å²) in [6, 6.07) is 3.36. The van der Waals surface area contributed by atoms with Crippen LogP contribution >= 0.6 is 11.3 Å². The van der Waals surface area contributed by atoms with Crippen LogP contribution in [0.1, 0.15) is 25.0 Å². The number of nitrogens with zero attached hydrogens (tertiary/aromatic N) is 3. The Hall–Kier alpha value is -2.62. The summed E-state index contributed by atoms with van der Waals surface area (Å²) in [4.78, 5) is 31.5. The van der Waals surface area contributed by atoms with Crippen molar-refractivity contribution in [3.05, 3.63) is 40.9 Å². The third-order valence-corrected chi connectivity index (χ3v) is 5.06. The van der Waals surface area contributed by atoms with Crippen molar-refractivity contribution in [3.8, 4) is 0 Å². The van der Waals surface area contributed by atoms with Gasteiger partial charge in [0.15, 0.2) is 0 Å². The molecule has 138 valence electrons. The predicted molar refractivity (Wildman–Crippen MR) is 90.5 cm³/mol. The van der Waals surface area contributed by atoms with Crippen LogP contribution in [0.25, 0.3) is 0 Å². The standard InChI is InChI=1S/C16H15F3N4O2S/c1-15(2)13(24)23(12-6-10(8-26-12)16(17,18)19)14(25)22(15)7-9-3-4-21-11(20)5-9/h3-6,8H,7H2,1-2H3,(H2,20,21). The lowest BCUT2D eigenvalue weighted by molar-refractivity contribution is -0.137. The molecule has 0 saturated carbocycles. The molecule has 0 aliphatic carbocycles. The summed E-state index contributed by atoms with van der Waals surface area (Å²) in [6.45, 7) is 3.18. The van der Waals surface area contributed by atoms with Crippen molar-refractivity contribution in [3.63, 3.8) is 0 Å². The minimum absolute atomic E-state index is 0.0582. The molecule has 1 aliphatic heterocycles. The van der Waals surface area contributed by atoms with Crippen LogP contribution in [-0.2, 0) is 17.5 Å². The molecular weight excluding hydrogens is 369 g/mol. The van der Waals surface area contributed by atoms with Gasteiger partial charge in [0.1, 0.15) is 16.4 Å². The summed E-state index contributed by atoms with van der Waals surface area (Å²) in [6.07, 6.45) is -3.06. The number of hydrogen-bond donors (Lipinski definition) is 1. The first-order valence-corrected chi connectivity index (χ1v) is 8.42. The molecule has 10 heteroatoms. The van der Waals surface area contributed by atoms with Crippen LogP contribution in [0.2, 0.25) is 0 Å². The predicted octanol–water partition coefficient (Wildman–Crippen LogP) is 3.49. The third kappa shape index (κ3) is 3.00. The number of thiophene rings is 1. The molecule has 0 unspecified atom stereocenters. The number of nitrogen functional groups attached to an aromatic ring is 1. The molecule has 2 aromatic heterocycles. The Balaban J connectivity index is 1.93. The van der Waals surface area contributed by atoms with Gasteiger partial charge in [-0.25, -0.2) is 14.7 Å². The number of carbonyl (C=O) groups excluding carboxylic acids is 2. The second-order valence-electron chi connectivity index (χ2n) is 6.33. The molecule has 26 heavy (non-hydrogen) atoms. The third-order valence-electron chi connectivity index (χ3n) is 4.14. The van der Waals surface area contributed by atoms with E-state index in [0.717, 1.165) is 16.3 Å². The van der Waals surface area contributed by atoms with E-state index in [4.69, 9.17) is 5.73 Å². The van der Waals surface area contributed by atoms with E-state index in [2.05, 4.69) is 4.98 Å². The Morgan fingerprint density at radius 3 is 2.54 bits per heavy atom. The van der Waals surface area contributed by atoms with Crippen LogP contribution in [0.3, 0.4) is 0 Å². The maximum Gasteiger partial charge on any atom is 0.417 e. The molecule has 1 aliphatic rings. The van der Waals surface area contributed by atoms with E-state index >= 15 is 0 Å². The zero-order valence-electron chi connectivity index (χ0n) is 13.9. The zero-order valence-corrected chi connectivity index (χ0v) is 14.7. The number of aromatic nitrogens is 1. The summed E-state index contributed by atoms with van der Waals surface area (Å²) in [7, 11) is 0. The van der Waals surface area contributed by atoms with Crippen molar-refractivity contribution in [2.75, 3.05) is 10.6 Å². The van der Waals surface area contributed by atoms with Crippen molar-refractivity contribution in [2.45, 2.75) is 32.1 Å². The van der Waals surface area contributed by atoms with Gasteiger partial charge >= 0.3 is 12.2 Å². The van der Waals surface area contributed by atoms with Gasteiger partial charge in [0.2, 0.25) is 0 Å². The number of halogens is 3. The van der Waals surface area contributed by atoms with Gasteiger partial charge in [-0.05, 0) is 37.6 Å². The number of pyridine rings is 1. The number of urea groups is 1. The zero-order chi connectivity index (χ0) is 19.3. The minimum Gasteiger partial charge on any atom is -0.384 e. The fourth-order valence-electron chi connectivity index (χ4n) is 2.66. The molecule has 2 N–H and O–H groups in total. The highest BCUT2D eigenvalue weighted by molar-refractivity contribution is 7.14. The molecule has 1 saturated heterocycles. The van der Waals surface area contributed by atoms with Crippen LogP contribution in [-0.4, -0.2) is 27.4 Å². The van der Waals surface area contributed by atoms with E-state index in [0.29, 0.717) is 16.9 Å². The van der Waals surface area contributed by atoms with Gasteiger partial charge in [-0.15, -0.1) is 11.3 Å². The number of imide groups is 1. The molecule has 3 amide bonds. The number of rotatable bonds is 3. The fourth-order valence-corrected chi connectivity index (χ4v) is 3.57. The summed E-state index contributed by atoms with van der Waals surface area (Å²) >= 11 is 0.700. The summed E-state index contributed by atoms with van der Waals surface area (Å²) in [5, 5.41) is 0.826. The topological polar surface area (TPSA) is 79.5 Å². The molecule has 0 bridgehead atoms. The lowest BCUT2D eigenvalue weighted by atomic mass is 10.0. The van der Waals surface area contributed by atoms with Crippen molar-refractivity contribution in [1.29, 1.82) is 0 Å². The normalized spacial score (nSPS) is 17.3. The maximum absolute atomic E-state index is 12.8. The van der Waals surface area contributed by atoms with Gasteiger partial charge in [0, 0.05) is 18.1 Å². The highest BCUT2D eigenvalue weighted by Gasteiger charge is 2.52. The Labute approximate surface area is 151 Å². The van der Waals surface area contributed by atoms with Crippen molar-refractivity contribution < 1.29 is 22.8 Å². The summed E-state index contributed by atoms with van der Waals surface area (Å²) in [5.74, 6) is -0.316. The number of amides is 3. The fraction of sp³-hybridized carbons (Fsp3) is 0.312. The molecule has 0 aromatic carbocycles. The van der Waals surface area contributed by atoms with E-state index in [9.17, 15) is 22.8 Å². The second kappa shape index (κ2) is 5.97. The van der Waals surface area contributed by atoms with Crippen molar-refractivity contribution in [2.24, 2.45) is 0 Å². The summed E-state index contributed by atoms with van der Waals surface area (Å²) < 4.78 is 38.5. The summed E-state index contributed by atoms with van der Waals surface area (Å²) in [5.41, 5.74) is 4.19. The van der Waals surface area contributed by atoms with Crippen LogP contribution < -0.4 is 10.6 Å². The molecule has 2 aromatic rings. The van der Waals surface area contributed by atoms with E-state index in [-0.39, 0.29) is 17.4 Å². The number of nitrogens with two attached hydrogens (primary N) is 1. The van der Waals surface area contributed by atoms with Crippen LogP contribution in [0, 0.1) is 0 Å². The minimum atomic E-state index is -4.54. The van der Waals surface area contributed by atoms with E-state index in [1.54, 1.807) is 26.0 Å². The average molecular weight is 384 g/mol. The number of hydrogen-bond acceptors (Lipinski definition) is 5. The quantitative estimate of drug-likeness (QED) is 0.822. The van der Waals surface area contributed by atoms with Crippen molar-refractivity contribution in [1.82, 2.24) is 9.88 Å². The molecule has 0 radical (unpaired) electrons. The average Bonchev–Trinajstić information content (AvgIpc) is 3.07. The Kier molecular flexibility index (Phi) is 4.18. The molecule has 3 rings (SSSR count). The number of alkyl halides is 3. The SMILES string of the molecule is CC1(C)C(=O)N(c2cc(C(F)(F)F)cs2)C(=O)N1Cc1ccnc(N)c1. The Morgan fingerprint density at radius 2 is 1.96 bits per heavy atom.